The van der Waals surface area contributed by atoms with Crippen LogP contribution in [-0.4, -0.2) is 0 Å². The van der Waals surface area contributed by atoms with Gasteiger partial charge >= 0.3 is 0 Å². The van der Waals surface area contributed by atoms with Gasteiger partial charge in [0, 0.05) is 16.9 Å². The van der Waals surface area contributed by atoms with Crippen molar-refractivity contribution >= 4 is 11.4 Å². The van der Waals surface area contributed by atoms with E-state index in [1.165, 1.54) is 11.1 Å². The maximum Gasteiger partial charge on any atom is 0.0394 e. The fraction of sp³-hybridized carbons (Fsp3) is 0. The molecule has 154 valence electrons. The number of nitrogens with two attached hydrogens (primary N) is 2. The van der Waals surface area contributed by atoms with Gasteiger partial charge in [0.15, 0.2) is 0 Å². The highest BCUT2D eigenvalue weighted by molar-refractivity contribution is 5.90. The zero-order valence-corrected chi connectivity index (χ0v) is 17.7. The van der Waals surface area contributed by atoms with E-state index in [4.69, 9.17) is 11.5 Å². The van der Waals surface area contributed by atoms with Gasteiger partial charge in [0.05, 0.1) is 0 Å². The lowest BCUT2D eigenvalue weighted by Crippen LogP contribution is -1.93. The lowest BCUT2D eigenvalue weighted by Gasteiger charge is -2.15. The molecule has 32 heavy (non-hydrogen) atoms. The minimum absolute atomic E-state index is 0.748. The summed E-state index contributed by atoms with van der Waals surface area (Å²) in [5.41, 5.74) is 23.0. The summed E-state index contributed by atoms with van der Waals surface area (Å²) in [5.74, 6) is 0. The molecule has 0 aliphatic heterocycles. The molecule has 2 heteroatoms. The number of rotatable bonds is 4. The third-order valence-corrected chi connectivity index (χ3v) is 5.77. The van der Waals surface area contributed by atoms with Crippen LogP contribution in [-0.2, 0) is 0 Å². The summed E-state index contributed by atoms with van der Waals surface area (Å²) in [7, 11) is 0. The molecule has 0 aliphatic rings. The van der Waals surface area contributed by atoms with Gasteiger partial charge in [0.25, 0.3) is 0 Å². The molecule has 0 fully saturated rings. The molecule has 0 bridgehead atoms. The van der Waals surface area contributed by atoms with E-state index >= 15 is 0 Å². The average molecular weight is 413 g/mol. The van der Waals surface area contributed by atoms with Crippen LogP contribution in [0.5, 0.6) is 0 Å². The molecule has 5 aromatic carbocycles. The second-order valence-corrected chi connectivity index (χ2v) is 7.92. The molecule has 0 radical (unpaired) electrons. The molecule has 0 atom stereocenters. The molecule has 0 spiro atoms. The third kappa shape index (κ3) is 3.86. The topological polar surface area (TPSA) is 52.0 Å². The summed E-state index contributed by atoms with van der Waals surface area (Å²) in [6.45, 7) is 0. The van der Waals surface area contributed by atoms with Gasteiger partial charge in [-0.3, -0.25) is 0 Å². The first-order valence-electron chi connectivity index (χ1n) is 10.7. The van der Waals surface area contributed by atoms with E-state index in [0.717, 1.165) is 44.8 Å². The molecular formula is C30H24N2. The van der Waals surface area contributed by atoms with Gasteiger partial charge in [-0.25, -0.2) is 0 Å². The smallest absolute Gasteiger partial charge is 0.0394 e. The van der Waals surface area contributed by atoms with Crippen LogP contribution >= 0.6 is 0 Å². The second kappa shape index (κ2) is 8.44. The molecule has 0 aromatic heterocycles. The van der Waals surface area contributed by atoms with Crippen LogP contribution in [0.3, 0.4) is 0 Å². The molecule has 5 rings (SSSR count). The summed E-state index contributed by atoms with van der Waals surface area (Å²) >= 11 is 0. The van der Waals surface area contributed by atoms with Crippen molar-refractivity contribution in [2.45, 2.75) is 0 Å². The first-order valence-corrected chi connectivity index (χ1v) is 10.7. The van der Waals surface area contributed by atoms with Crippen LogP contribution in [0.25, 0.3) is 44.5 Å². The van der Waals surface area contributed by atoms with E-state index in [2.05, 4.69) is 84.9 Å². The lowest BCUT2D eigenvalue weighted by atomic mass is 9.90. The van der Waals surface area contributed by atoms with Gasteiger partial charge in [-0.15, -0.1) is 0 Å². The van der Waals surface area contributed by atoms with Gasteiger partial charge < -0.3 is 11.5 Å². The Bertz CT molecular complexity index is 1370. The molecular weight excluding hydrogens is 388 g/mol. The Morgan fingerprint density at radius 3 is 1.66 bits per heavy atom. The zero-order chi connectivity index (χ0) is 21.9. The maximum atomic E-state index is 6.44. The van der Waals surface area contributed by atoms with Crippen LogP contribution in [0.4, 0.5) is 11.4 Å². The number of hydrogen-bond acceptors (Lipinski definition) is 2. The molecule has 0 unspecified atom stereocenters. The van der Waals surface area contributed by atoms with Crippen LogP contribution in [0.2, 0.25) is 0 Å². The van der Waals surface area contributed by atoms with E-state index in [1.54, 1.807) is 0 Å². The normalized spacial score (nSPS) is 10.8. The number of anilines is 2. The Labute approximate surface area is 188 Å². The maximum absolute atomic E-state index is 6.44. The van der Waals surface area contributed by atoms with Gasteiger partial charge in [-0.1, -0.05) is 91.0 Å². The van der Waals surface area contributed by atoms with Gasteiger partial charge in [-0.2, -0.15) is 0 Å². The predicted octanol–water partition coefficient (Wildman–Crippen LogP) is 7.52. The Morgan fingerprint density at radius 2 is 0.938 bits per heavy atom. The standard InChI is InChI=1S/C30H24N2/c31-26-13-7-12-24(18-26)28-20-25(14-16-27(28)22-10-5-2-6-11-22)29-19-23(15-17-30(29)32)21-8-3-1-4-9-21/h1-20H,31-32H2. The highest BCUT2D eigenvalue weighted by Crippen LogP contribution is 2.38. The molecule has 4 N–H and O–H groups in total. The molecule has 0 heterocycles. The van der Waals surface area contributed by atoms with Crippen molar-refractivity contribution in [2.75, 3.05) is 11.5 Å². The Hall–Kier alpha value is -4.30. The molecule has 0 saturated carbocycles. The predicted molar refractivity (Wildman–Crippen MR) is 137 cm³/mol. The van der Waals surface area contributed by atoms with Crippen molar-refractivity contribution in [3.8, 4) is 44.5 Å². The first kappa shape index (κ1) is 19.7. The molecule has 0 aliphatic carbocycles. The zero-order valence-electron chi connectivity index (χ0n) is 17.7. The third-order valence-electron chi connectivity index (χ3n) is 5.77. The van der Waals surface area contributed by atoms with E-state index in [9.17, 15) is 0 Å². The quantitative estimate of drug-likeness (QED) is 0.300. The van der Waals surface area contributed by atoms with Crippen LogP contribution < -0.4 is 11.5 Å². The highest BCUT2D eigenvalue weighted by atomic mass is 14.6. The van der Waals surface area contributed by atoms with E-state index in [0.29, 0.717) is 0 Å². The summed E-state index contributed by atoms with van der Waals surface area (Å²) in [5, 5.41) is 0. The largest absolute Gasteiger partial charge is 0.399 e. The van der Waals surface area contributed by atoms with Crippen LogP contribution in [0.15, 0.2) is 121 Å². The first-order chi connectivity index (χ1) is 15.7. The molecule has 5 aromatic rings. The van der Waals surface area contributed by atoms with E-state index in [1.807, 2.05) is 36.4 Å². The lowest BCUT2D eigenvalue weighted by molar-refractivity contribution is 1.55. The van der Waals surface area contributed by atoms with Gasteiger partial charge in [-0.05, 0) is 69.3 Å². The van der Waals surface area contributed by atoms with Crippen molar-refractivity contribution in [1.82, 2.24) is 0 Å². The second-order valence-electron chi connectivity index (χ2n) is 7.92. The van der Waals surface area contributed by atoms with Crippen molar-refractivity contribution in [2.24, 2.45) is 0 Å². The Balaban J connectivity index is 1.69. The molecule has 0 amide bonds. The summed E-state index contributed by atoms with van der Waals surface area (Å²) in [4.78, 5) is 0. The van der Waals surface area contributed by atoms with Gasteiger partial charge in [0.1, 0.15) is 0 Å². The number of benzene rings is 5. The van der Waals surface area contributed by atoms with Gasteiger partial charge in [0.2, 0.25) is 0 Å². The monoisotopic (exact) mass is 412 g/mol. The van der Waals surface area contributed by atoms with Crippen molar-refractivity contribution in [3.63, 3.8) is 0 Å². The number of nitrogen functional groups attached to an aromatic ring is 2. The SMILES string of the molecule is Nc1cccc(-c2cc(-c3cc(-c4ccccc4)ccc3N)ccc2-c2ccccc2)c1. The average Bonchev–Trinajstić information content (AvgIpc) is 2.85. The van der Waals surface area contributed by atoms with Crippen molar-refractivity contribution < 1.29 is 0 Å². The Morgan fingerprint density at radius 1 is 0.344 bits per heavy atom. The van der Waals surface area contributed by atoms with E-state index < -0.39 is 0 Å². The highest BCUT2D eigenvalue weighted by Gasteiger charge is 2.12. The van der Waals surface area contributed by atoms with Crippen LogP contribution in [0.1, 0.15) is 0 Å². The van der Waals surface area contributed by atoms with Crippen molar-refractivity contribution in [3.05, 3.63) is 121 Å². The summed E-state index contributed by atoms with van der Waals surface area (Å²) in [6.07, 6.45) is 0. The van der Waals surface area contributed by atoms with Crippen LogP contribution in [0, 0.1) is 0 Å². The van der Waals surface area contributed by atoms with E-state index in [-0.39, 0.29) is 0 Å². The minimum atomic E-state index is 0.748. The fourth-order valence-corrected chi connectivity index (χ4v) is 4.14. The number of hydrogen-bond donors (Lipinski definition) is 2. The summed E-state index contributed by atoms with van der Waals surface area (Å²) < 4.78 is 0. The summed E-state index contributed by atoms with van der Waals surface area (Å²) in [6, 6.07) is 41.6. The van der Waals surface area contributed by atoms with Crippen molar-refractivity contribution in [1.29, 1.82) is 0 Å². The Kier molecular flexibility index (Phi) is 5.19. The minimum Gasteiger partial charge on any atom is -0.399 e. The molecule has 0 saturated heterocycles. The fourth-order valence-electron chi connectivity index (χ4n) is 4.14. The molecule has 2 nitrogen and oxygen atoms in total.